The van der Waals surface area contributed by atoms with Gasteiger partial charge < -0.3 is 5.32 Å². The third-order valence-electron chi connectivity index (χ3n) is 4.18. The van der Waals surface area contributed by atoms with Crippen LogP contribution < -0.4 is 5.32 Å². The standard InChI is InChI=1S/C18H25N/c1-3-5-7-12-17(19-15-4-2)18(13-14-18)16-10-8-6-9-11-16/h6,8-11,17,19H,4,7,12-15H2,1-2H3. The van der Waals surface area contributed by atoms with E-state index in [0.717, 1.165) is 19.4 Å². The molecule has 0 saturated heterocycles. The lowest BCUT2D eigenvalue weighted by molar-refractivity contribution is 0.396. The minimum absolute atomic E-state index is 0.381. The summed E-state index contributed by atoms with van der Waals surface area (Å²) in [6, 6.07) is 11.6. The first-order chi connectivity index (χ1) is 9.33. The van der Waals surface area contributed by atoms with Crippen molar-refractivity contribution in [1.82, 2.24) is 5.32 Å². The van der Waals surface area contributed by atoms with Crippen molar-refractivity contribution in [3.05, 3.63) is 35.9 Å². The topological polar surface area (TPSA) is 12.0 Å². The molecule has 1 N–H and O–H groups in total. The Balaban J connectivity index is 2.09. The summed E-state index contributed by atoms with van der Waals surface area (Å²) in [7, 11) is 0. The van der Waals surface area contributed by atoms with E-state index in [0.29, 0.717) is 11.5 Å². The zero-order valence-corrected chi connectivity index (χ0v) is 12.2. The van der Waals surface area contributed by atoms with E-state index in [1.165, 1.54) is 24.8 Å². The molecule has 1 atom stereocenters. The van der Waals surface area contributed by atoms with E-state index in [1.54, 1.807) is 0 Å². The molecule has 0 spiro atoms. The predicted octanol–water partition coefficient (Wildman–Crippen LogP) is 3.89. The lowest BCUT2D eigenvalue weighted by Gasteiger charge is -2.28. The first-order valence-corrected chi connectivity index (χ1v) is 7.52. The van der Waals surface area contributed by atoms with E-state index in [-0.39, 0.29) is 0 Å². The van der Waals surface area contributed by atoms with E-state index >= 15 is 0 Å². The molecule has 19 heavy (non-hydrogen) atoms. The molecule has 1 aliphatic carbocycles. The number of hydrogen-bond acceptors (Lipinski definition) is 1. The predicted molar refractivity (Wildman–Crippen MR) is 82.1 cm³/mol. The Labute approximate surface area is 117 Å². The first kappa shape index (κ1) is 14.2. The van der Waals surface area contributed by atoms with Crippen LogP contribution in [0.2, 0.25) is 0 Å². The average Bonchev–Trinajstić information content (AvgIpc) is 3.25. The van der Waals surface area contributed by atoms with Gasteiger partial charge in [-0.25, -0.2) is 0 Å². The van der Waals surface area contributed by atoms with Gasteiger partial charge in [0.1, 0.15) is 0 Å². The van der Waals surface area contributed by atoms with Gasteiger partial charge in [0.05, 0.1) is 0 Å². The fraction of sp³-hybridized carbons (Fsp3) is 0.556. The summed E-state index contributed by atoms with van der Waals surface area (Å²) >= 11 is 0. The fourth-order valence-corrected chi connectivity index (χ4v) is 2.98. The molecule has 1 unspecified atom stereocenters. The first-order valence-electron chi connectivity index (χ1n) is 7.52. The maximum atomic E-state index is 3.76. The van der Waals surface area contributed by atoms with E-state index in [4.69, 9.17) is 0 Å². The van der Waals surface area contributed by atoms with Crippen LogP contribution in [0.25, 0.3) is 0 Å². The van der Waals surface area contributed by atoms with Crippen LogP contribution in [0.4, 0.5) is 0 Å². The van der Waals surface area contributed by atoms with Gasteiger partial charge in [-0.3, -0.25) is 0 Å². The second-order valence-corrected chi connectivity index (χ2v) is 5.49. The fourth-order valence-electron chi connectivity index (χ4n) is 2.98. The monoisotopic (exact) mass is 255 g/mol. The molecule has 1 aliphatic rings. The molecule has 0 amide bonds. The van der Waals surface area contributed by atoms with Crippen LogP contribution in [0.15, 0.2) is 30.3 Å². The summed E-state index contributed by atoms with van der Waals surface area (Å²) < 4.78 is 0. The molecular weight excluding hydrogens is 230 g/mol. The molecular formula is C18H25N. The van der Waals surface area contributed by atoms with Crippen LogP contribution in [-0.2, 0) is 5.41 Å². The third kappa shape index (κ3) is 3.39. The average molecular weight is 255 g/mol. The molecule has 1 saturated carbocycles. The lowest BCUT2D eigenvalue weighted by atomic mass is 9.85. The summed E-state index contributed by atoms with van der Waals surface area (Å²) in [4.78, 5) is 0. The van der Waals surface area contributed by atoms with Crippen molar-refractivity contribution < 1.29 is 0 Å². The highest BCUT2D eigenvalue weighted by Gasteiger charge is 2.49. The molecule has 0 bridgehead atoms. The van der Waals surface area contributed by atoms with Crippen LogP contribution in [0.1, 0.15) is 51.5 Å². The SMILES string of the molecule is CC#CCCC(NCCC)C1(c2ccccc2)CC1. The molecule has 1 aromatic rings. The molecule has 102 valence electrons. The molecule has 2 rings (SSSR count). The van der Waals surface area contributed by atoms with Crippen molar-refractivity contribution in [3.8, 4) is 11.8 Å². The summed E-state index contributed by atoms with van der Waals surface area (Å²) in [5, 5.41) is 3.76. The lowest BCUT2D eigenvalue weighted by Crippen LogP contribution is -2.40. The Morgan fingerprint density at radius 1 is 1.26 bits per heavy atom. The Kier molecular flexibility index (Phi) is 5.05. The van der Waals surface area contributed by atoms with E-state index < -0.39 is 0 Å². The Morgan fingerprint density at radius 2 is 2.00 bits per heavy atom. The zero-order valence-electron chi connectivity index (χ0n) is 12.2. The molecule has 0 heterocycles. The van der Waals surface area contributed by atoms with Crippen LogP contribution in [0, 0.1) is 11.8 Å². The minimum Gasteiger partial charge on any atom is -0.313 e. The Bertz CT molecular complexity index is 434. The smallest absolute Gasteiger partial charge is 0.0173 e. The molecule has 0 aromatic heterocycles. The van der Waals surface area contributed by atoms with Crippen molar-refractivity contribution >= 4 is 0 Å². The zero-order chi connectivity index (χ0) is 13.6. The van der Waals surface area contributed by atoms with Gasteiger partial charge in [0.25, 0.3) is 0 Å². The quantitative estimate of drug-likeness (QED) is 0.729. The maximum absolute atomic E-state index is 3.76. The van der Waals surface area contributed by atoms with Gasteiger partial charge in [-0.2, -0.15) is 0 Å². The minimum atomic E-state index is 0.381. The Morgan fingerprint density at radius 3 is 2.58 bits per heavy atom. The molecule has 1 nitrogen and oxygen atoms in total. The normalized spacial score (nSPS) is 17.4. The van der Waals surface area contributed by atoms with E-state index in [1.807, 2.05) is 6.92 Å². The van der Waals surface area contributed by atoms with Gasteiger partial charge in [0.2, 0.25) is 0 Å². The van der Waals surface area contributed by atoms with Gasteiger partial charge in [-0.15, -0.1) is 11.8 Å². The number of rotatable bonds is 7. The highest BCUT2D eigenvalue weighted by atomic mass is 14.9. The summed E-state index contributed by atoms with van der Waals surface area (Å²) in [5.41, 5.74) is 1.89. The van der Waals surface area contributed by atoms with Crippen LogP contribution in [0.3, 0.4) is 0 Å². The number of nitrogens with one attached hydrogen (secondary N) is 1. The van der Waals surface area contributed by atoms with Gasteiger partial charge in [-0.1, -0.05) is 37.3 Å². The van der Waals surface area contributed by atoms with Crippen molar-refractivity contribution in [2.45, 2.75) is 57.4 Å². The Hall–Kier alpha value is -1.26. The van der Waals surface area contributed by atoms with Gasteiger partial charge >= 0.3 is 0 Å². The molecule has 1 fully saturated rings. The van der Waals surface area contributed by atoms with Gasteiger partial charge in [0, 0.05) is 17.9 Å². The van der Waals surface area contributed by atoms with Crippen molar-refractivity contribution in [3.63, 3.8) is 0 Å². The third-order valence-corrected chi connectivity index (χ3v) is 4.18. The van der Waals surface area contributed by atoms with Gasteiger partial charge in [-0.05, 0) is 44.7 Å². The summed E-state index contributed by atoms with van der Waals surface area (Å²) in [6.07, 6.45) is 6.00. The van der Waals surface area contributed by atoms with Crippen molar-refractivity contribution in [2.24, 2.45) is 0 Å². The summed E-state index contributed by atoms with van der Waals surface area (Å²) in [6.45, 7) is 5.27. The molecule has 0 radical (unpaired) electrons. The van der Waals surface area contributed by atoms with E-state index in [2.05, 4.69) is 54.4 Å². The highest BCUT2D eigenvalue weighted by Crippen LogP contribution is 2.51. The van der Waals surface area contributed by atoms with Crippen molar-refractivity contribution in [2.75, 3.05) is 6.54 Å². The van der Waals surface area contributed by atoms with E-state index in [9.17, 15) is 0 Å². The largest absolute Gasteiger partial charge is 0.313 e. The molecule has 1 heteroatoms. The molecule has 1 aromatic carbocycles. The van der Waals surface area contributed by atoms with Crippen LogP contribution in [-0.4, -0.2) is 12.6 Å². The molecule has 0 aliphatic heterocycles. The second-order valence-electron chi connectivity index (χ2n) is 5.49. The van der Waals surface area contributed by atoms with Crippen LogP contribution in [0.5, 0.6) is 0 Å². The van der Waals surface area contributed by atoms with Crippen molar-refractivity contribution in [1.29, 1.82) is 0 Å². The van der Waals surface area contributed by atoms with Gasteiger partial charge in [0.15, 0.2) is 0 Å². The summed E-state index contributed by atoms with van der Waals surface area (Å²) in [5.74, 6) is 6.23. The number of hydrogen-bond donors (Lipinski definition) is 1. The maximum Gasteiger partial charge on any atom is 0.0173 e. The number of benzene rings is 1. The second kappa shape index (κ2) is 6.78. The highest BCUT2D eigenvalue weighted by molar-refractivity contribution is 5.34. The van der Waals surface area contributed by atoms with Crippen LogP contribution >= 0.6 is 0 Å².